The van der Waals surface area contributed by atoms with E-state index in [2.05, 4.69) is 5.32 Å². The van der Waals surface area contributed by atoms with E-state index >= 15 is 0 Å². The van der Waals surface area contributed by atoms with Crippen molar-refractivity contribution in [2.75, 3.05) is 18.0 Å². The van der Waals surface area contributed by atoms with Crippen LogP contribution < -0.4 is 10.2 Å². The zero-order valence-electron chi connectivity index (χ0n) is 18.2. The minimum atomic E-state index is -0.863. The van der Waals surface area contributed by atoms with Gasteiger partial charge in [0, 0.05) is 50.2 Å². The van der Waals surface area contributed by atoms with Gasteiger partial charge in [0.25, 0.3) is 0 Å². The van der Waals surface area contributed by atoms with Gasteiger partial charge >= 0.3 is 6.09 Å². The molecule has 0 saturated carbocycles. The number of anilines is 1. The summed E-state index contributed by atoms with van der Waals surface area (Å²) in [6.45, 7) is 2.20. The highest BCUT2D eigenvalue weighted by atomic mass is 19.1. The minimum Gasteiger partial charge on any atom is -0.438 e. The van der Waals surface area contributed by atoms with Gasteiger partial charge in [-0.05, 0) is 35.4 Å². The topological polar surface area (TPSA) is 58.6 Å². The number of halogens is 2. The normalized spacial score (nSPS) is 18.0. The molecule has 0 radical (unpaired) electrons. The van der Waals surface area contributed by atoms with E-state index in [9.17, 15) is 18.4 Å². The number of rotatable bonds is 6. The van der Waals surface area contributed by atoms with Crippen molar-refractivity contribution in [1.29, 1.82) is 0 Å². The van der Waals surface area contributed by atoms with Crippen molar-refractivity contribution in [2.24, 2.45) is 0 Å². The molecule has 1 saturated heterocycles. The van der Waals surface area contributed by atoms with Gasteiger partial charge in [-0.2, -0.15) is 0 Å². The lowest BCUT2D eigenvalue weighted by atomic mass is 9.85. The maximum Gasteiger partial charge on any atom is 0.415 e. The summed E-state index contributed by atoms with van der Waals surface area (Å²) < 4.78 is 33.6. The Bertz CT molecular complexity index is 1170. The summed E-state index contributed by atoms with van der Waals surface area (Å²) in [6, 6.07) is 19.7. The minimum absolute atomic E-state index is 0.146. The first-order valence-electron chi connectivity index (χ1n) is 10.7. The Balaban J connectivity index is 1.59. The molecular formula is C26H24F2N2O3. The fraction of sp³-hybridized carbons (Fsp3) is 0.231. The molecule has 0 aliphatic carbocycles. The fourth-order valence-electron chi connectivity index (χ4n) is 4.16. The maximum absolute atomic E-state index is 14.3. The second kappa shape index (κ2) is 9.40. The molecule has 1 heterocycles. The summed E-state index contributed by atoms with van der Waals surface area (Å²) in [5.74, 6) is -1.47. The smallest absolute Gasteiger partial charge is 0.415 e. The van der Waals surface area contributed by atoms with Crippen LogP contribution in [0.15, 0.2) is 72.8 Å². The van der Waals surface area contributed by atoms with Gasteiger partial charge in [-0.15, -0.1) is 0 Å². The third kappa shape index (κ3) is 4.87. The number of ether oxygens (including phenoxy) is 1. The molecule has 1 N–H and O–H groups in total. The molecule has 0 aromatic heterocycles. The van der Waals surface area contributed by atoms with Gasteiger partial charge < -0.3 is 10.1 Å². The van der Waals surface area contributed by atoms with Crippen molar-refractivity contribution in [3.05, 3.63) is 90.0 Å². The van der Waals surface area contributed by atoms with E-state index in [-0.39, 0.29) is 11.5 Å². The van der Waals surface area contributed by atoms with Gasteiger partial charge in [-0.3, -0.25) is 9.69 Å². The van der Waals surface area contributed by atoms with E-state index in [0.717, 1.165) is 11.6 Å². The Labute approximate surface area is 191 Å². The maximum atomic E-state index is 14.3. The van der Waals surface area contributed by atoms with E-state index in [1.807, 2.05) is 30.3 Å². The second-order valence-electron chi connectivity index (χ2n) is 8.04. The second-order valence-corrected chi connectivity index (χ2v) is 8.04. The number of carbonyl (C=O) groups is 2. The highest BCUT2D eigenvalue weighted by Crippen LogP contribution is 2.39. The standard InChI is InChI=1S/C26H24F2N2O3/c1-18(31)29-14-12-26(20-7-3-2-4-8-20)13-15-30(25(32)33-26)22-9-5-6-19(16-22)23-11-10-21(27)17-24(23)28/h2-11,16-17H,12-15H2,1H3,(H,29,31). The summed E-state index contributed by atoms with van der Waals surface area (Å²) in [5, 5.41) is 2.77. The molecule has 2 amide bonds. The molecule has 0 bridgehead atoms. The third-order valence-electron chi connectivity index (χ3n) is 5.84. The van der Waals surface area contributed by atoms with Crippen LogP contribution in [-0.4, -0.2) is 25.1 Å². The van der Waals surface area contributed by atoms with Gasteiger partial charge in [0.1, 0.15) is 17.2 Å². The Morgan fingerprint density at radius 3 is 2.55 bits per heavy atom. The number of benzene rings is 3. The lowest BCUT2D eigenvalue weighted by Gasteiger charge is -2.41. The van der Waals surface area contributed by atoms with Gasteiger partial charge in [-0.25, -0.2) is 13.6 Å². The number of cyclic esters (lactones) is 1. The van der Waals surface area contributed by atoms with Gasteiger partial charge in [0.15, 0.2) is 0 Å². The van der Waals surface area contributed by atoms with Crippen LogP contribution >= 0.6 is 0 Å². The Morgan fingerprint density at radius 1 is 1.06 bits per heavy atom. The van der Waals surface area contributed by atoms with Crippen LogP contribution in [0, 0.1) is 11.6 Å². The first-order chi connectivity index (χ1) is 15.9. The number of carbonyl (C=O) groups excluding carboxylic acids is 2. The molecular weight excluding hydrogens is 426 g/mol. The lowest BCUT2D eigenvalue weighted by Crippen LogP contribution is -2.49. The SMILES string of the molecule is CC(=O)NCCC1(c2ccccc2)CCN(c2cccc(-c3ccc(F)cc3F)c2)C(=O)O1. The Kier molecular flexibility index (Phi) is 6.40. The largest absolute Gasteiger partial charge is 0.438 e. The molecule has 1 aliphatic rings. The molecule has 7 heteroatoms. The number of amides is 2. The fourth-order valence-corrected chi connectivity index (χ4v) is 4.16. The molecule has 1 atom stereocenters. The van der Waals surface area contributed by atoms with Crippen LogP contribution in [0.3, 0.4) is 0 Å². The molecule has 170 valence electrons. The van der Waals surface area contributed by atoms with Crippen LogP contribution in [0.4, 0.5) is 19.3 Å². The average molecular weight is 450 g/mol. The van der Waals surface area contributed by atoms with E-state index in [1.54, 1.807) is 24.3 Å². The summed E-state index contributed by atoms with van der Waals surface area (Å²) in [5.41, 5.74) is 1.34. The third-order valence-corrected chi connectivity index (χ3v) is 5.84. The quantitative estimate of drug-likeness (QED) is 0.547. The lowest BCUT2D eigenvalue weighted by molar-refractivity contribution is -0.119. The van der Waals surface area contributed by atoms with Crippen LogP contribution in [-0.2, 0) is 15.1 Å². The van der Waals surface area contributed by atoms with Crippen molar-refractivity contribution < 1.29 is 23.1 Å². The molecule has 3 aromatic carbocycles. The van der Waals surface area contributed by atoms with E-state index in [4.69, 9.17) is 4.74 Å². The summed E-state index contributed by atoms with van der Waals surface area (Å²) in [4.78, 5) is 26.0. The van der Waals surface area contributed by atoms with E-state index < -0.39 is 23.3 Å². The van der Waals surface area contributed by atoms with Crippen LogP contribution in [0.2, 0.25) is 0 Å². The van der Waals surface area contributed by atoms with Crippen LogP contribution in [0.25, 0.3) is 11.1 Å². The van der Waals surface area contributed by atoms with Gasteiger partial charge in [0.05, 0.1) is 0 Å². The first-order valence-corrected chi connectivity index (χ1v) is 10.7. The first kappa shape index (κ1) is 22.5. The number of hydrogen-bond donors (Lipinski definition) is 1. The predicted octanol–water partition coefficient (Wildman–Crippen LogP) is 5.40. The molecule has 1 unspecified atom stereocenters. The summed E-state index contributed by atoms with van der Waals surface area (Å²) in [7, 11) is 0. The number of nitrogens with one attached hydrogen (secondary N) is 1. The molecule has 33 heavy (non-hydrogen) atoms. The molecule has 0 spiro atoms. The van der Waals surface area contributed by atoms with Crippen LogP contribution in [0.1, 0.15) is 25.3 Å². The van der Waals surface area contributed by atoms with Crippen molar-refractivity contribution in [3.8, 4) is 11.1 Å². The molecule has 5 nitrogen and oxygen atoms in total. The Morgan fingerprint density at radius 2 is 1.85 bits per heavy atom. The van der Waals surface area contributed by atoms with Crippen molar-refractivity contribution in [2.45, 2.75) is 25.4 Å². The average Bonchev–Trinajstić information content (AvgIpc) is 2.79. The molecule has 4 rings (SSSR count). The van der Waals surface area contributed by atoms with Crippen molar-refractivity contribution >= 4 is 17.7 Å². The van der Waals surface area contributed by atoms with Gasteiger partial charge in [0.2, 0.25) is 5.91 Å². The molecule has 3 aromatic rings. The van der Waals surface area contributed by atoms with Crippen molar-refractivity contribution in [3.63, 3.8) is 0 Å². The Hall–Kier alpha value is -3.74. The zero-order chi connectivity index (χ0) is 23.4. The van der Waals surface area contributed by atoms with Crippen LogP contribution in [0.5, 0.6) is 0 Å². The number of hydrogen-bond acceptors (Lipinski definition) is 3. The summed E-state index contributed by atoms with van der Waals surface area (Å²) >= 11 is 0. The summed E-state index contributed by atoms with van der Waals surface area (Å²) in [6.07, 6.45) is 0.429. The van der Waals surface area contributed by atoms with E-state index in [0.29, 0.717) is 37.2 Å². The van der Waals surface area contributed by atoms with Gasteiger partial charge in [-0.1, -0.05) is 42.5 Å². The highest BCUT2D eigenvalue weighted by molar-refractivity contribution is 5.90. The van der Waals surface area contributed by atoms with Crippen molar-refractivity contribution in [1.82, 2.24) is 5.32 Å². The number of nitrogens with zero attached hydrogens (tertiary/aromatic N) is 1. The predicted molar refractivity (Wildman–Crippen MR) is 122 cm³/mol. The molecule has 1 fully saturated rings. The zero-order valence-corrected chi connectivity index (χ0v) is 18.2. The van der Waals surface area contributed by atoms with E-state index in [1.165, 1.54) is 24.0 Å². The highest BCUT2D eigenvalue weighted by Gasteiger charge is 2.42. The molecule has 1 aliphatic heterocycles. The monoisotopic (exact) mass is 450 g/mol.